The fourth-order valence-electron chi connectivity index (χ4n) is 0.855. The molecule has 0 bridgehead atoms. The summed E-state index contributed by atoms with van der Waals surface area (Å²) in [5, 5.41) is 0. The van der Waals surface area contributed by atoms with E-state index in [4.69, 9.17) is 0 Å². The van der Waals surface area contributed by atoms with Crippen molar-refractivity contribution >= 4 is 5.97 Å². The molecule has 0 aliphatic heterocycles. The number of hydrogen-bond donors (Lipinski definition) is 0. The maximum atomic E-state index is 12.8. The Morgan fingerprint density at radius 3 is 2.00 bits per heavy atom. The molecule has 1 unspecified atom stereocenters. The van der Waals surface area contributed by atoms with Crippen LogP contribution in [0.1, 0.15) is 6.92 Å². The summed E-state index contributed by atoms with van der Waals surface area (Å²) >= 11 is 0. The monoisotopic (exact) mass is 236 g/mol. The summed E-state index contributed by atoms with van der Waals surface area (Å²) in [6.45, 7) is 0.426. The summed E-state index contributed by atoms with van der Waals surface area (Å²) in [6.07, 6.45) is -10.0. The fourth-order valence-corrected chi connectivity index (χ4v) is 0.855. The van der Waals surface area contributed by atoms with Gasteiger partial charge in [-0.2, -0.15) is 22.0 Å². The van der Waals surface area contributed by atoms with Gasteiger partial charge in [0.2, 0.25) is 5.92 Å². The molecule has 0 aromatic rings. The molecule has 0 amide bonds. The van der Waals surface area contributed by atoms with Gasteiger partial charge in [0.1, 0.15) is 0 Å². The number of rotatable bonds is 4. The average molecular weight is 236 g/mol. The van der Waals surface area contributed by atoms with E-state index < -0.39 is 30.8 Å². The van der Waals surface area contributed by atoms with Crippen LogP contribution in [0.2, 0.25) is 0 Å². The van der Waals surface area contributed by atoms with Crippen LogP contribution in [0.25, 0.3) is 0 Å². The second kappa shape index (κ2) is 4.73. The zero-order valence-corrected chi connectivity index (χ0v) is 7.90. The molecular weight excluding hydrogens is 227 g/mol. The van der Waals surface area contributed by atoms with Gasteiger partial charge >= 0.3 is 18.3 Å². The normalized spacial score (nSPS) is 14.9. The first-order valence-corrected chi connectivity index (χ1v) is 3.83. The largest absolute Gasteiger partial charge is 0.468 e. The predicted octanol–water partition coefficient (Wildman–Crippen LogP) is 1.97. The smallest absolute Gasteiger partial charge is 0.410 e. The van der Waals surface area contributed by atoms with Crippen LogP contribution in [0, 0.1) is 5.92 Å². The van der Waals surface area contributed by atoms with Crippen LogP contribution in [0.3, 0.4) is 0 Å². The number of esters is 1. The Kier molecular flexibility index (Phi) is 4.44. The summed E-state index contributed by atoms with van der Waals surface area (Å²) in [6, 6.07) is 0. The molecule has 0 radical (unpaired) electrons. The molecule has 0 saturated carbocycles. The second-order valence-electron chi connectivity index (χ2n) is 2.49. The lowest BCUT2D eigenvalue weighted by atomic mass is 10.1. The van der Waals surface area contributed by atoms with Crippen molar-refractivity contribution in [2.24, 2.45) is 5.92 Å². The Balaban J connectivity index is 5.02. The van der Waals surface area contributed by atoms with Gasteiger partial charge in [-0.3, -0.25) is 4.79 Å². The van der Waals surface area contributed by atoms with Gasteiger partial charge in [0, 0.05) is 0 Å². The SMILES string of the molecule is CCOC(F)(F)C(C(=O)OC)C(F)(F)F. The summed E-state index contributed by atoms with van der Waals surface area (Å²) in [5.41, 5.74) is 0. The predicted molar refractivity (Wildman–Crippen MR) is 38.1 cm³/mol. The molecule has 90 valence electrons. The minimum Gasteiger partial charge on any atom is -0.468 e. The molecule has 8 heteroatoms. The van der Waals surface area contributed by atoms with Crippen molar-refractivity contribution in [1.29, 1.82) is 0 Å². The number of methoxy groups -OCH3 is 1. The number of ether oxygens (including phenoxy) is 2. The molecule has 0 aromatic carbocycles. The lowest BCUT2D eigenvalue weighted by Gasteiger charge is -2.25. The van der Waals surface area contributed by atoms with Crippen molar-refractivity contribution in [3.05, 3.63) is 0 Å². The van der Waals surface area contributed by atoms with E-state index in [9.17, 15) is 26.7 Å². The van der Waals surface area contributed by atoms with Crippen molar-refractivity contribution in [2.45, 2.75) is 19.2 Å². The molecule has 3 nitrogen and oxygen atoms in total. The second-order valence-corrected chi connectivity index (χ2v) is 2.49. The topological polar surface area (TPSA) is 35.5 Å². The Morgan fingerprint density at radius 1 is 1.27 bits per heavy atom. The molecule has 0 N–H and O–H groups in total. The molecule has 0 aliphatic rings. The van der Waals surface area contributed by atoms with Gasteiger partial charge in [0.15, 0.2) is 0 Å². The third kappa shape index (κ3) is 3.61. The molecular formula is C7H9F5O3. The van der Waals surface area contributed by atoms with Crippen LogP contribution in [0.4, 0.5) is 22.0 Å². The Hall–Kier alpha value is -0.920. The van der Waals surface area contributed by atoms with Gasteiger partial charge < -0.3 is 9.47 Å². The van der Waals surface area contributed by atoms with Crippen molar-refractivity contribution in [2.75, 3.05) is 13.7 Å². The molecule has 0 rings (SSSR count). The van der Waals surface area contributed by atoms with E-state index in [-0.39, 0.29) is 0 Å². The number of halogens is 5. The van der Waals surface area contributed by atoms with Crippen LogP contribution in [0.15, 0.2) is 0 Å². The first kappa shape index (κ1) is 14.1. The van der Waals surface area contributed by atoms with Gasteiger partial charge in [-0.25, -0.2) is 0 Å². The lowest BCUT2D eigenvalue weighted by Crippen LogP contribution is -2.47. The lowest BCUT2D eigenvalue weighted by molar-refractivity contribution is -0.327. The first-order chi connectivity index (χ1) is 6.66. The Bertz CT molecular complexity index is 225. The van der Waals surface area contributed by atoms with E-state index in [1.54, 1.807) is 0 Å². The third-order valence-corrected chi connectivity index (χ3v) is 1.44. The number of alkyl halides is 5. The first-order valence-electron chi connectivity index (χ1n) is 3.83. The minimum absolute atomic E-state index is 0.586. The van der Waals surface area contributed by atoms with Crippen molar-refractivity contribution in [1.82, 2.24) is 0 Å². The van der Waals surface area contributed by atoms with Gasteiger partial charge in [-0.1, -0.05) is 0 Å². The summed E-state index contributed by atoms with van der Waals surface area (Å²) in [7, 11) is 0.586. The maximum absolute atomic E-state index is 12.8. The molecule has 15 heavy (non-hydrogen) atoms. The van der Waals surface area contributed by atoms with Crippen LogP contribution < -0.4 is 0 Å². The van der Waals surface area contributed by atoms with E-state index in [1.165, 1.54) is 0 Å². The summed E-state index contributed by atoms with van der Waals surface area (Å²) < 4.78 is 69.1. The molecule has 0 saturated heterocycles. The van der Waals surface area contributed by atoms with E-state index >= 15 is 0 Å². The average Bonchev–Trinajstić information content (AvgIpc) is 2.00. The highest BCUT2D eigenvalue weighted by atomic mass is 19.4. The van der Waals surface area contributed by atoms with Crippen LogP contribution in [0.5, 0.6) is 0 Å². The number of carbonyl (C=O) groups excluding carboxylic acids is 1. The standard InChI is InChI=1S/C7H9F5O3/c1-3-15-7(11,12)4(5(13)14-2)6(8,9)10/h4H,3H2,1-2H3. The van der Waals surface area contributed by atoms with Crippen LogP contribution in [-0.2, 0) is 14.3 Å². The van der Waals surface area contributed by atoms with E-state index in [0.29, 0.717) is 7.11 Å². The van der Waals surface area contributed by atoms with Crippen molar-refractivity contribution in [3.63, 3.8) is 0 Å². The van der Waals surface area contributed by atoms with Crippen LogP contribution in [-0.4, -0.2) is 32.0 Å². The highest BCUT2D eigenvalue weighted by Gasteiger charge is 2.62. The Morgan fingerprint density at radius 2 is 1.73 bits per heavy atom. The zero-order chi connectivity index (χ0) is 12.3. The highest BCUT2D eigenvalue weighted by molar-refractivity contribution is 5.74. The molecule has 0 spiro atoms. The summed E-state index contributed by atoms with van der Waals surface area (Å²) in [4.78, 5) is 10.6. The fraction of sp³-hybridized carbons (Fsp3) is 0.857. The van der Waals surface area contributed by atoms with Gasteiger partial charge in [-0.15, -0.1) is 0 Å². The van der Waals surface area contributed by atoms with Gasteiger partial charge in [-0.05, 0) is 6.92 Å². The van der Waals surface area contributed by atoms with E-state index in [0.717, 1.165) is 6.92 Å². The molecule has 0 aliphatic carbocycles. The number of hydrogen-bond acceptors (Lipinski definition) is 3. The van der Waals surface area contributed by atoms with Gasteiger partial charge in [0.05, 0.1) is 13.7 Å². The van der Waals surface area contributed by atoms with E-state index in [1.807, 2.05) is 0 Å². The molecule has 1 atom stereocenters. The zero-order valence-electron chi connectivity index (χ0n) is 7.90. The highest BCUT2D eigenvalue weighted by Crippen LogP contribution is 2.39. The third-order valence-electron chi connectivity index (χ3n) is 1.44. The van der Waals surface area contributed by atoms with Crippen molar-refractivity contribution < 1.29 is 36.2 Å². The quantitative estimate of drug-likeness (QED) is 0.553. The van der Waals surface area contributed by atoms with Crippen LogP contribution >= 0.6 is 0 Å². The maximum Gasteiger partial charge on any atom is 0.410 e. The van der Waals surface area contributed by atoms with E-state index in [2.05, 4.69) is 9.47 Å². The summed E-state index contributed by atoms with van der Waals surface area (Å²) in [5.74, 6) is -5.68. The molecule has 0 aromatic heterocycles. The molecule has 0 heterocycles. The Labute approximate surface area is 82.1 Å². The number of carbonyl (C=O) groups is 1. The minimum atomic E-state index is -5.42. The van der Waals surface area contributed by atoms with Gasteiger partial charge in [0.25, 0.3) is 0 Å². The van der Waals surface area contributed by atoms with Crippen molar-refractivity contribution in [3.8, 4) is 0 Å². The molecule has 0 fully saturated rings.